The maximum absolute atomic E-state index is 12.5. The average Bonchev–Trinajstić information content (AvgIpc) is 3.05. The standard InChI is InChI=1S/C18H19Cl2N3O3/c19-15-6-5-11(7-16(15)20)9-23-10-12(8-21-23)22-17(24)13-3-1-2-4-14(13)18(25)26/h5-8,10,13-14H,1-4,9H2,(H,22,24)(H,25,26)/t13-,14-/m0/s1. The molecule has 0 saturated heterocycles. The minimum Gasteiger partial charge on any atom is -0.481 e. The van der Waals surface area contributed by atoms with Crippen LogP contribution in [-0.2, 0) is 16.1 Å². The Morgan fingerprint density at radius 3 is 2.62 bits per heavy atom. The van der Waals surface area contributed by atoms with Gasteiger partial charge in [-0.3, -0.25) is 14.3 Å². The molecule has 1 saturated carbocycles. The normalized spacial score (nSPS) is 19.9. The Bertz CT molecular complexity index is 822. The molecule has 1 fully saturated rings. The maximum Gasteiger partial charge on any atom is 0.307 e. The quantitative estimate of drug-likeness (QED) is 0.798. The number of aromatic nitrogens is 2. The van der Waals surface area contributed by atoms with Crippen molar-refractivity contribution in [2.75, 3.05) is 5.32 Å². The summed E-state index contributed by atoms with van der Waals surface area (Å²) in [5, 5.41) is 17.3. The highest BCUT2D eigenvalue weighted by molar-refractivity contribution is 6.42. The fourth-order valence-corrected chi connectivity index (χ4v) is 3.64. The molecule has 1 aromatic carbocycles. The molecule has 0 aliphatic heterocycles. The van der Waals surface area contributed by atoms with E-state index in [2.05, 4.69) is 10.4 Å². The topological polar surface area (TPSA) is 84.2 Å². The molecule has 1 amide bonds. The van der Waals surface area contributed by atoms with Crippen LogP contribution in [0, 0.1) is 11.8 Å². The molecule has 1 aromatic heterocycles. The summed E-state index contributed by atoms with van der Waals surface area (Å²) in [4.78, 5) is 23.9. The van der Waals surface area contributed by atoms with E-state index >= 15 is 0 Å². The van der Waals surface area contributed by atoms with Crippen LogP contribution >= 0.6 is 23.2 Å². The molecule has 1 aliphatic rings. The van der Waals surface area contributed by atoms with E-state index in [9.17, 15) is 14.7 Å². The lowest BCUT2D eigenvalue weighted by atomic mass is 9.78. The zero-order valence-corrected chi connectivity index (χ0v) is 15.5. The van der Waals surface area contributed by atoms with Crippen LogP contribution in [0.4, 0.5) is 5.69 Å². The lowest BCUT2D eigenvalue weighted by molar-refractivity contribution is -0.147. The SMILES string of the molecule is O=C(O)[C@H]1CCCC[C@@H]1C(=O)Nc1cnn(Cc2ccc(Cl)c(Cl)c2)c1. The van der Waals surface area contributed by atoms with Crippen LogP contribution in [0.2, 0.25) is 10.0 Å². The lowest BCUT2D eigenvalue weighted by Crippen LogP contribution is -2.35. The van der Waals surface area contributed by atoms with Gasteiger partial charge in [0.05, 0.1) is 40.3 Å². The summed E-state index contributed by atoms with van der Waals surface area (Å²) in [6.07, 6.45) is 6.12. The first-order valence-electron chi connectivity index (χ1n) is 8.44. The van der Waals surface area contributed by atoms with Crippen LogP contribution in [0.1, 0.15) is 31.2 Å². The molecule has 2 atom stereocenters. The van der Waals surface area contributed by atoms with Gasteiger partial charge >= 0.3 is 5.97 Å². The summed E-state index contributed by atoms with van der Waals surface area (Å²) >= 11 is 11.9. The first kappa shape index (κ1) is 18.7. The Morgan fingerprint density at radius 2 is 1.92 bits per heavy atom. The van der Waals surface area contributed by atoms with Crippen molar-refractivity contribution in [2.45, 2.75) is 32.2 Å². The van der Waals surface area contributed by atoms with E-state index < -0.39 is 17.8 Å². The number of nitrogens with zero attached hydrogens (tertiary/aromatic N) is 2. The molecule has 138 valence electrons. The molecule has 3 rings (SSSR count). The van der Waals surface area contributed by atoms with E-state index in [0.29, 0.717) is 35.1 Å². The molecule has 0 unspecified atom stereocenters. The van der Waals surface area contributed by atoms with E-state index in [1.54, 1.807) is 29.2 Å². The van der Waals surface area contributed by atoms with E-state index in [0.717, 1.165) is 18.4 Å². The van der Waals surface area contributed by atoms with Crippen molar-refractivity contribution in [1.82, 2.24) is 9.78 Å². The van der Waals surface area contributed by atoms with Crippen molar-refractivity contribution >= 4 is 40.8 Å². The smallest absolute Gasteiger partial charge is 0.307 e. The van der Waals surface area contributed by atoms with Gasteiger partial charge in [-0.15, -0.1) is 0 Å². The minimum absolute atomic E-state index is 0.258. The summed E-state index contributed by atoms with van der Waals surface area (Å²) in [7, 11) is 0. The predicted octanol–water partition coefficient (Wildman–Crippen LogP) is 4.07. The van der Waals surface area contributed by atoms with Crippen LogP contribution < -0.4 is 5.32 Å². The number of nitrogens with one attached hydrogen (secondary N) is 1. The number of hydrogen-bond acceptors (Lipinski definition) is 3. The van der Waals surface area contributed by atoms with E-state index in [1.807, 2.05) is 6.07 Å². The summed E-state index contributed by atoms with van der Waals surface area (Å²) in [5.41, 5.74) is 1.48. The Hall–Kier alpha value is -2.05. The van der Waals surface area contributed by atoms with Gasteiger partial charge in [0.1, 0.15) is 0 Å². The largest absolute Gasteiger partial charge is 0.481 e. The molecule has 0 spiro atoms. The Labute approximate surface area is 161 Å². The van der Waals surface area contributed by atoms with Crippen molar-refractivity contribution in [3.63, 3.8) is 0 Å². The first-order valence-corrected chi connectivity index (χ1v) is 9.19. The van der Waals surface area contributed by atoms with Crippen molar-refractivity contribution in [3.05, 3.63) is 46.2 Å². The summed E-state index contributed by atoms with van der Waals surface area (Å²) < 4.78 is 1.67. The number of aliphatic carboxylic acids is 1. The highest BCUT2D eigenvalue weighted by atomic mass is 35.5. The average molecular weight is 396 g/mol. The highest BCUT2D eigenvalue weighted by Crippen LogP contribution is 2.31. The molecule has 26 heavy (non-hydrogen) atoms. The Kier molecular flexibility index (Phi) is 5.84. The van der Waals surface area contributed by atoms with Gasteiger partial charge in [0, 0.05) is 6.20 Å². The number of benzene rings is 1. The molecular weight excluding hydrogens is 377 g/mol. The van der Waals surface area contributed by atoms with Gasteiger partial charge < -0.3 is 10.4 Å². The van der Waals surface area contributed by atoms with E-state index in [4.69, 9.17) is 23.2 Å². The lowest BCUT2D eigenvalue weighted by Gasteiger charge is -2.27. The third-order valence-corrected chi connectivity index (χ3v) is 5.39. The molecule has 2 N–H and O–H groups in total. The monoisotopic (exact) mass is 395 g/mol. The van der Waals surface area contributed by atoms with Gasteiger partial charge in [-0.05, 0) is 30.5 Å². The Balaban J connectivity index is 1.65. The summed E-state index contributed by atoms with van der Waals surface area (Å²) in [6, 6.07) is 5.34. The fourth-order valence-electron chi connectivity index (χ4n) is 3.31. The van der Waals surface area contributed by atoms with Crippen LogP contribution in [0.15, 0.2) is 30.6 Å². The number of carbonyl (C=O) groups excluding carboxylic acids is 1. The highest BCUT2D eigenvalue weighted by Gasteiger charge is 2.35. The van der Waals surface area contributed by atoms with Crippen LogP contribution in [0.5, 0.6) is 0 Å². The third-order valence-electron chi connectivity index (χ3n) is 4.65. The molecular formula is C18H19Cl2N3O3. The molecule has 2 aromatic rings. The number of amides is 1. The zero-order valence-electron chi connectivity index (χ0n) is 14.0. The second-order valence-electron chi connectivity index (χ2n) is 6.50. The second-order valence-corrected chi connectivity index (χ2v) is 7.31. The van der Waals surface area contributed by atoms with Crippen LogP contribution in [-0.4, -0.2) is 26.8 Å². The van der Waals surface area contributed by atoms with Gasteiger partial charge in [-0.2, -0.15) is 5.10 Å². The zero-order chi connectivity index (χ0) is 18.7. The van der Waals surface area contributed by atoms with E-state index in [1.165, 1.54) is 0 Å². The maximum atomic E-state index is 12.5. The predicted molar refractivity (Wildman–Crippen MR) is 99.5 cm³/mol. The number of carboxylic acid groups (broad SMARTS) is 1. The Morgan fingerprint density at radius 1 is 1.19 bits per heavy atom. The summed E-state index contributed by atoms with van der Waals surface area (Å²) in [6.45, 7) is 0.480. The van der Waals surface area contributed by atoms with Crippen molar-refractivity contribution in [1.29, 1.82) is 0 Å². The van der Waals surface area contributed by atoms with Crippen molar-refractivity contribution < 1.29 is 14.7 Å². The third kappa shape index (κ3) is 4.37. The fraction of sp³-hybridized carbons (Fsp3) is 0.389. The van der Waals surface area contributed by atoms with Gasteiger partial charge in [0.2, 0.25) is 5.91 Å². The number of halogens is 2. The molecule has 8 heteroatoms. The number of rotatable bonds is 5. The van der Waals surface area contributed by atoms with Crippen molar-refractivity contribution in [2.24, 2.45) is 11.8 Å². The molecule has 0 radical (unpaired) electrons. The van der Waals surface area contributed by atoms with Gasteiger partial charge in [-0.1, -0.05) is 42.1 Å². The first-order chi connectivity index (χ1) is 12.4. The van der Waals surface area contributed by atoms with Crippen LogP contribution in [0.25, 0.3) is 0 Å². The van der Waals surface area contributed by atoms with Gasteiger partial charge in [0.15, 0.2) is 0 Å². The van der Waals surface area contributed by atoms with Gasteiger partial charge in [0.25, 0.3) is 0 Å². The van der Waals surface area contributed by atoms with E-state index in [-0.39, 0.29) is 5.91 Å². The number of hydrogen-bond donors (Lipinski definition) is 2. The molecule has 1 heterocycles. The molecule has 0 bridgehead atoms. The van der Waals surface area contributed by atoms with Gasteiger partial charge in [-0.25, -0.2) is 0 Å². The molecule has 1 aliphatic carbocycles. The van der Waals surface area contributed by atoms with Crippen LogP contribution in [0.3, 0.4) is 0 Å². The van der Waals surface area contributed by atoms with Crippen molar-refractivity contribution in [3.8, 4) is 0 Å². The molecule has 6 nitrogen and oxygen atoms in total. The number of carboxylic acids is 1. The number of carbonyl (C=O) groups is 2. The number of anilines is 1. The summed E-state index contributed by atoms with van der Waals surface area (Å²) in [5.74, 6) is -2.28. The minimum atomic E-state index is -0.903. The second kappa shape index (κ2) is 8.10.